The van der Waals surface area contributed by atoms with Crippen molar-refractivity contribution in [1.29, 1.82) is 0 Å². The number of hydrogen-bond acceptors (Lipinski definition) is 4. The number of hydrogen-bond donors (Lipinski definition) is 1. The second kappa shape index (κ2) is 7.11. The van der Waals surface area contributed by atoms with E-state index in [0.29, 0.717) is 19.7 Å². The maximum Gasteiger partial charge on any atom is 0.410 e. The molecule has 0 aromatic heterocycles. The normalized spacial score (nSPS) is 20.0. The lowest BCUT2D eigenvalue weighted by atomic mass is 10.2. The van der Waals surface area contributed by atoms with Crippen LogP contribution in [0, 0.1) is 0 Å². The predicted molar refractivity (Wildman–Crippen MR) is 63.5 cm³/mol. The molecular weight excluding hydrogens is 224 g/mol. The second-order valence-corrected chi connectivity index (χ2v) is 4.74. The molecule has 1 unspecified atom stereocenters. The Labute approximate surface area is 102 Å². The van der Waals surface area contributed by atoms with Gasteiger partial charge in [-0.05, 0) is 27.7 Å². The maximum atomic E-state index is 11.6. The van der Waals surface area contributed by atoms with Gasteiger partial charge in [-0.25, -0.2) is 4.79 Å². The Morgan fingerprint density at radius 1 is 1.53 bits per heavy atom. The van der Waals surface area contributed by atoms with E-state index in [4.69, 9.17) is 14.3 Å². The molecule has 1 fully saturated rings. The van der Waals surface area contributed by atoms with E-state index in [9.17, 15) is 4.79 Å². The predicted octanol–water partition coefficient (Wildman–Crippen LogP) is 0.744. The molecule has 0 radical (unpaired) electrons. The monoisotopic (exact) mass is 246 g/mol. The van der Waals surface area contributed by atoms with Crippen molar-refractivity contribution in [2.75, 3.05) is 19.7 Å². The molecule has 0 aliphatic carbocycles. The third-order valence-corrected chi connectivity index (χ3v) is 1.89. The van der Waals surface area contributed by atoms with Crippen molar-refractivity contribution in [1.82, 2.24) is 4.90 Å². The highest BCUT2D eigenvalue weighted by atomic mass is 16.6. The quantitative estimate of drug-likeness (QED) is 0.639. The number of primary amides is 1. The average molecular weight is 246 g/mol. The van der Waals surface area contributed by atoms with Gasteiger partial charge in [0.25, 0.3) is 0 Å². The number of carbonyl (C=O) groups is 2. The first-order valence-electron chi connectivity index (χ1n) is 5.55. The lowest BCUT2D eigenvalue weighted by Gasteiger charge is -2.32. The van der Waals surface area contributed by atoms with Gasteiger partial charge in [-0.15, -0.1) is 0 Å². The number of carbonyl (C=O) groups excluding carboxylic acids is 2. The molecule has 1 atom stereocenters. The largest absolute Gasteiger partial charge is 0.444 e. The minimum Gasteiger partial charge on any atom is -0.444 e. The van der Waals surface area contributed by atoms with Gasteiger partial charge in [-0.1, -0.05) is 0 Å². The highest BCUT2D eigenvalue weighted by Gasteiger charge is 2.25. The summed E-state index contributed by atoms with van der Waals surface area (Å²) in [4.78, 5) is 21.9. The molecular formula is C11H22N2O4. The lowest BCUT2D eigenvalue weighted by Crippen LogP contribution is -2.46. The fourth-order valence-corrected chi connectivity index (χ4v) is 1.31. The number of amides is 2. The molecule has 0 bridgehead atoms. The Kier molecular flexibility index (Phi) is 6.57. The van der Waals surface area contributed by atoms with Gasteiger partial charge in [0.1, 0.15) is 5.60 Å². The van der Waals surface area contributed by atoms with E-state index >= 15 is 0 Å². The zero-order valence-corrected chi connectivity index (χ0v) is 10.9. The van der Waals surface area contributed by atoms with Crippen molar-refractivity contribution in [2.24, 2.45) is 5.73 Å². The van der Waals surface area contributed by atoms with E-state index in [2.05, 4.69) is 5.73 Å². The molecule has 6 nitrogen and oxygen atoms in total. The van der Waals surface area contributed by atoms with Crippen LogP contribution in [0.4, 0.5) is 4.79 Å². The summed E-state index contributed by atoms with van der Waals surface area (Å²) in [5.41, 5.74) is 3.75. The van der Waals surface area contributed by atoms with Crippen LogP contribution in [0.2, 0.25) is 0 Å². The van der Waals surface area contributed by atoms with Gasteiger partial charge in [-0.3, -0.25) is 4.79 Å². The van der Waals surface area contributed by atoms with Crippen molar-refractivity contribution < 1.29 is 19.1 Å². The zero-order chi connectivity index (χ0) is 13.5. The Balaban J connectivity index is 0.000000770. The first-order chi connectivity index (χ1) is 7.80. The molecule has 0 spiro atoms. The van der Waals surface area contributed by atoms with Crippen molar-refractivity contribution >= 4 is 12.5 Å². The van der Waals surface area contributed by atoms with Crippen molar-refractivity contribution in [3.8, 4) is 0 Å². The Morgan fingerprint density at radius 2 is 2.06 bits per heavy atom. The van der Waals surface area contributed by atoms with Gasteiger partial charge in [0.05, 0.1) is 19.3 Å². The minimum absolute atomic E-state index is 0.108. The maximum absolute atomic E-state index is 11.6. The first kappa shape index (κ1) is 15.7. The highest BCUT2D eigenvalue weighted by Crippen LogP contribution is 2.12. The summed E-state index contributed by atoms with van der Waals surface area (Å²) in [6.45, 7) is 9.41. The average Bonchev–Trinajstić information content (AvgIpc) is 2.16. The van der Waals surface area contributed by atoms with Crippen LogP contribution in [0.5, 0.6) is 0 Å². The van der Waals surface area contributed by atoms with Crippen LogP contribution in [-0.4, -0.2) is 48.8 Å². The molecule has 1 aliphatic heterocycles. The molecule has 0 saturated carbocycles. The Bertz CT molecular complexity index is 250. The van der Waals surface area contributed by atoms with Crippen LogP contribution >= 0.6 is 0 Å². The summed E-state index contributed by atoms with van der Waals surface area (Å²) in [5.74, 6) is 0. The van der Waals surface area contributed by atoms with E-state index in [1.54, 1.807) is 4.90 Å². The topological polar surface area (TPSA) is 81.9 Å². The van der Waals surface area contributed by atoms with Crippen LogP contribution < -0.4 is 5.73 Å². The van der Waals surface area contributed by atoms with E-state index in [1.807, 2.05) is 27.7 Å². The lowest BCUT2D eigenvalue weighted by molar-refractivity contribution is -0.106. The van der Waals surface area contributed by atoms with Crippen molar-refractivity contribution in [3.63, 3.8) is 0 Å². The fourth-order valence-electron chi connectivity index (χ4n) is 1.31. The molecule has 0 aromatic carbocycles. The van der Waals surface area contributed by atoms with Gasteiger partial charge >= 0.3 is 6.09 Å². The molecule has 6 heteroatoms. The van der Waals surface area contributed by atoms with Crippen LogP contribution in [0.25, 0.3) is 0 Å². The van der Waals surface area contributed by atoms with Gasteiger partial charge < -0.3 is 20.1 Å². The Hall–Kier alpha value is -1.30. The SMILES string of the molecule is CC1CN(C(=O)OC(C)(C)C)CCO1.NC=O. The molecule has 1 heterocycles. The summed E-state index contributed by atoms with van der Waals surface area (Å²) in [6.07, 6.45) is 0.115. The highest BCUT2D eigenvalue weighted by molar-refractivity contribution is 5.68. The number of nitrogens with zero attached hydrogens (tertiary/aromatic N) is 1. The zero-order valence-electron chi connectivity index (χ0n) is 10.9. The van der Waals surface area contributed by atoms with Crippen LogP contribution in [0.15, 0.2) is 0 Å². The van der Waals surface area contributed by atoms with E-state index in [0.717, 1.165) is 0 Å². The molecule has 1 rings (SSSR count). The molecule has 0 aromatic rings. The summed E-state index contributed by atoms with van der Waals surface area (Å²) in [7, 11) is 0. The summed E-state index contributed by atoms with van der Waals surface area (Å²) >= 11 is 0. The van der Waals surface area contributed by atoms with Gasteiger partial charge in [0.2, 0.25) is 6.41 Å². The fraction of sp³-hybridized carbons (Fsp3) is 0.818. The molecule has 1 aliphatic rings. The standard InChI is InChI=1S/C10H19NO3.CH3NO/c1-8-7-11(5-6-13-8)9(12)14-10(2,3)4;2-1-3/h8H,5-7H2,1-4H3;1H,(H2,2,3). The molecule has 17 heavy (non-hydrogen) atoms. The summed E-state index contributed by atoms with van der Waals surface area (Å²) < 4.78 is 10.6. The van der Waals surface area contributed by atoms with Gasteiger partial charge in [-0.2, -0.15) is 0 Å². The number of nitrogens with two attached hydrogens (primary N) is 1. The minimum atomic E-state index is -0.418. The van der Waals surface area contributed by atoms with Crippen molar-refractivity contribution in [3.05, 3.63) is 0 Å². The van der Waals surface area contributed by atoms with E-state index in [1.165, 1.54) is 0 Å². The molecule has 2 amide bonds. The first-order valence-corrected chi connectivity index (χ1v) is 5.55. The number of ether oxygens (including phenoxy) is 2. The number of rotatable bonds is 0. The molecule has 100 valence electrons. The summed E-state index contributed by atoms with van der Waals surface area (Å²) in [6, 6.07) is 0. The van der Waals surface area contributed by atoms with Crippen LogP contribution in [0.3, 0.4) is 0 Å². The van der Waals surface area contributed by atoms with Crippen molar-refractivity contribution in [2.45, 2.75) is 39.4 Å². The van der Waals surface area contributed by atoms with Gasteiger partial charge in [0, 0.05) is 6.54 Å². The summed E-state index contributed by atoms with van der Waals surface area (Å²) in [5, 5.41) is 0. The van der Waals surface area contributed by atoms with Crippen LogP contribution in [-0.2, 0) is 14.3 Å². The third kappa shape index (κ3) is 7.57. The van der Waals surface area contributed by atoms with E-state index < -0.39 is 5.60 Å². The second-order valence-electron chi connectivity index (χ2n) is 4.74. The smallest absolute Gasteiger partial charge is 0.410 e. The van der Waals surface area contributed by atoms with Crippen LogP contribution in [0.1, 0.15) is 27.7 Å². The van der Waals surface area contributed by atoms with Gasteiger partial charge in [0.15, 0.2) is 0 Å². The number of morpholine rings is 1. The van der Waals surface area contributed by atoms with E-state index in [-0.39, 0.29) is 18.6 Å². The molecule has 2 N–H and O–H groups in total. The third-order valence-electron chi connectivity index (χ3n) is 1.89. The molecule has 1 saturated heterocycles. The Morgan fingerprint density at radius 3 is 2.47 bits per heavy atom.